The minimum absolute atomic E-state index is 0.153. The Morgan fingerprint density at radius 2 is 1.89 bits per heavy atom. The van der Waals surface area contributed by atoms with Crippen LogP contribution < -0.4 is 4.90 Å². The van der Waals surface area contributed by atoms with Crippen LogP contribution in [0.2, 0.25) is 0 Å². The van der Waals surface area contributed by atoms with Gasteiger partial charge in [-0.15, -0.1) is 0 Å². The average molecular weight is 248 g/mol. The van der Waals surface area contributed by atoms with Crippen molar-refractivity contribution < 1.29 is 9.90 Å². The Hall–Kier alpha value is -1.55. The van der Waals surface area contributed by atoms with Crippen molar-refractivity contribution in [2.45, 2.75) is 13.8 Å². The molecule has 0 aliphatic carbocycles. The van der Waals surface area contributed by atoms with E-state index in [4.69, 9.17) is 5.11 Å². The molecule has 0 radical (unpaired) electrons. The minimum Gasteiger partial charge on any atom is -0.480 e. The number of carboxylic acid groups (broad SMARTS) is 1. The maximum atomic E-state index is 10.7. The summed E-state index contributed by atoms with van der Waals surface area (Å²) in [7, 11) is 0. The van der Waals surface area contributed by atoms with E-state index in [0.29, 0.717) is 0 Å². The van der Waals surface area contributed by atoms with Crippen molar-refractivity contribution in [2.24, 2.45) is 0 Å². The van der Waals surface area contributed by atoms with Gasteiger partial charge in [-0.25, -0.2) is 0 Å². The number of benzene rings is 1. The zero-order valence-corrected chi connectivity index (χ0v) is 11.0. The van der Waals surface area contributed by atoms with Crippen LogP contribution in [0.1, 0.15) is 11.1 Å². The molecule has 98 valence electrons. The van der Waals surface area contributed by atoms with Crippen LogP contribution in [0.15, 0.2) is 18.2 Å². The van der Waals surface area contributed by atoms with Crippen LogP contribution in [0, 0.1) is 13.8 Å². The first-order valence-corrected chi connectivity index (χ1v) is 6.32. The summed E-state index contributed by atoms with van der Waals surface area (Å²) in [5, 5.41) is 8.77. The van der Waals surface area contributed by atoms with Crippen LogP contribution in [0.5, 0.6) is 0 Å². The highest BCUT2D eigenvalue weighted by atomic mass is 16.4. The Bertz CT molecular complexity index is 437. The predicted molar refractivity (Wildman–Crippen MR) is 72.2 cm³/mol. The first-order valence-electron chi connectivity index (χ1n) is 6.32. The van der Waals surface area contributed by atoms with Crippen molar-refractivity contribution in [1.29, 1.82) is 0 Å². The lowest BCUT2D eigenvalue weighted by atomic mass is 10.1. The highest BCUT2D eigenvalue weighted by Gasteiger charge is 2.19. The van der Waals surface area contributed by atoms with Gasteiger partial charge in [-0.3, -0.25) is 9.69 Å². The molecule has 1 fully saturated rings. The van der Waals surface area contributed by atoms with Crippen molar-refractivity contribution >= 4 is 11.7 Å². The Balaban J connectivity index is 1.99. The number of piperazine rings is 1. The lowest BCUT2D eigenvalue weighted by molar-refractivity contribution is -0.138. The van der Waals surface area contributed by atoms with Gasteiger partial charge in [0.2, 0.25) is 0 Å². The van der Waals surface area contributed by atoms with E-state index in [2.05, 4.69) is 36.9 Å². The van der Waals surface area contributed by atoms with E-state index < -0.39 is 5.97 Å². The second kappa shape index (κ2) is 5.40. The Morgan fingerprint density at radius 1 is 1.22 bits per heavy atom. The maximum Gasteiger partial charge on any atom is 0.317 e. The first-order chi connectivity index (χ1) is 8.56. The SMILES string of the molecule is Cc1ccc(N2CCN(CC(=O)O)CC2)c(C)c1. The van der Waals surface area contributed by atoms with Crippen LogP contribution in [-0.2, 0) is 4.79 Å². The Labute approximate surface area is 108 Å². The monoisotopic (exact) mass is 248 g/mol. The Kier molecular flexibility index (Phi) is 3.87. The zero-order chi connectivity index (χ0) is 13.1. The van der Waals surface area contributed by atoms with Gasteiger partial charge in [0.15, 0.2) is 0 Å². The number of rotatable bonds is 3. The number of aliphatic carboxylic acids is 1. The maximum absolute atomic E-state index is 10.7. The van der Waals surface area contributed by atoms with E-state index in [9.17, 15) is 4.79 Å². The van der Waals surface area contributed by atoms with E-state index in [1.807, 2.05) is 4.90 Å². The molecule has 0 bridgehead atoms. The molecule has 1 saturated heterocycles. The number of anilines is 1. The summed E-state index contributed by atoms with van der Waals surface area (Å²) in [5.41, 5.74) is 3.85. The van der Waals surface area contributed by atoms with Gasteiger partial charge in [0, 0.05) is 31.9 Å². The van der Waals surface area contributed by atoms with Crippen LogP contribution >= 0.6 is 0 Å². The molecule has 2 rings (SSSR count). The molecule has 1 aromatic carbocycles. The number of nitrogens with zero attached hydrogens (tertiary/aromatic N) is 2. The van der Waals surface area contributed by atoms with Gasteiger partial charge in [-0.05, 0) is 25.5 Å². The van der Waals surface area contributed by atoms with Crippen LogP contribution in [0.4, 0.5) is 5.69 Å². The molecule has 1 aliphatic rings. The molecule has 0 unspecified atom stereocenters. The lowest BCUT2D eigenvalue weighted by Gasteiger charge is -2.36. The molecular formula is C14H20N2O2. The van der Waals surface area contributed by atoms with E-state index in [1.165, 1.54) is 16.8 Å². The summed E-state index contributed by atoms with van der Waals surface area (Å²) in [4.78, 5) is 15.0. The molecule has 1 heterocycles. The standard InChI is InChI=1S/C14H20N2O2/c1-11-3-4-13(12(2)9-11)16-7-5-15(6-8-16)10-14(17)18/h3-4,9H,5-8,10H2,1-2H3,(H,17,18). The van der Waals surface area contributed by atoms with Crippen LogP contribution in [0.25, 0.3) is 0 Å². The fourth-order valence-electron chi connectivity index (χ4n) is 2.50. The van der Waals surface area contributed by atoms with Crippen molar-refractivity contribution in [3.8, 4) is 0 Å². The molecular weight excluding hydrogens is 228 g/mol. The second-order valence-corrected chi connectivity index (χ2v) is 4.95. The highest BCUT2D eigenvalue weighted by Crippen LogP contribution is 2.22. The topological polar surface area (TPSA) is 43.8 Å². The van der Waals surface area contributed by atoms with Crippen molar-refractivity contribution in [1.82, 2.24) is 4.90 Å². The van der Waals surface area contributed by atoms with Gasteiger partial charge in [-0.1, -0.05) is 17.7 Å². The number of aryl methyl sites for hydroxylation is 2. The fraction of sp³-hybridized carbons (Fsp3) is 0.500. The van der Waals surface area contributed by atoms with Crippen molar-refractivity contribution in [3.63, 3.8) is 0 Å². The molecule has 1 aromatic rings. The van der Waals surface area contributed by atoms with E-state index in [1.54, 1.807) is 0 Å². The summed E-state index contributed by atoms with van der Waals surface area (Å²) in [6, 6.07) is 6.49. The number of carbonyl (C=O) groups is 1. The third-order valence-corrected chi connectivity index (χ3v) is 3.42. The summed E-state index contributed by atoms with van der Waals surface area (Å²) in [6.07, 6.45) is 0. The number of hydrogen-bond acceptors (Lipinski definition) is 3. The largest absolute Gasteiger partial charge is 0.480 e. The number of hydrogen-bond donors (Lipinski definition) is 1. The van der Waals surface area contributed by atoms with E-state index in [-0.39, 0.29) is 6.54 Å². The smallest absolute Gasteiger partial charge is 0.317 e. The summed E-state index contributed by atoms with van der Waals surface area (Å²) in [5.74, 6) is -0.741. The van der Waals surface area contributed by atoms with Gasteiger partial charge >= 0.3 is 5.97 Å². The van der Waals surface area contributed by atoms with E-state index in [0.717, 1.165) is 26.2 Å². The second-order valence-electron chi connectivity index (χ2n) is 4.95. The van der Waals surface area contributed by atoms with Gasteiger partial charge < -0.3 is 10.0 Å². The van der Waals surface area contributed by atoms with Crippen LogP contribution in [0.3, 0.4) is 0 Å². The highest BCUT2D eigenvalue weighted by molar-refractivity contribution is 5.69. The minimum atomic E-state index is -0.741. The summed E-state index contributed by atoms with van der Waals surface area (Å²) in [6.45, 7) is 7.82. The molecule has 0 aromatic heterocycles. The zero-order valence-electron chi connectivity index (χ0n) is 11.0. The van der Waals surface area contributed by atoms with Crippen molar-refractivity contribution in [3.05, 3.63) is 29.3 Å². The molecule has 4 heteroatoms. The lowest BCUT2D eigenvalue weighted by Crippen LogP contribution is -2.48. The van der Waals surface area contributed by atoms with Gasteiger partial charge in [-0.2, -0.15) is 0 Å². The molecule has 1 aliphatic heterocycles. The first kappa shape index (κ1) is 12.9. The molecule has 0 spiro atoms. The molecule has 18 heavy (non-hydrogen) atoms. The molecule has 0 saturated carbocycles. The third-order valence-electron chi connectivity index (χ3n) is 3.42. The van der Waals surface area contributed by atoms with Gasteiger partial charge in [0.1, 0.15) is 0 Å². The fourth-order valence-corrected chi connectivity index (χ4v) is 2.50. The van der Waals surface area contributed by atoms with Crippen LogP contribution in [-0.4, -0.2) is 48.7 Å². The quantitative estimate of drug-likeness (QED) is 0.880. The van der Waals surface area contributed by atoms with Gasteiger partial charge in [0.05, 0.1) is 6.54 Å². The summed E-state index contributed by atoms with van der Waals surface area (Å²) >= 11 is 0. The van der Waals surface area contributed by atoms with Crippen molar-refractivity contribution in [2.75, 3.05) is 37.6 Å². The third kappa shape index (κ3) is 3.01. The van der Waals surface area contributed by atoms with E-state index >= 15 is 0 Å². The average Bonchev–Trinajstić information content (AvgIpc) is 2.30. The van der Waals surface area contributed by atoms with Gasteiger partial charge in [0.25, 0.3) is 0 Å². The number of carboxylic acids is 1. The molecule has 0 atom stereocenters. The normalized spacial score (nSPS) is 16.9. The molecule has 4 nitrogen and oxygen atoms in total. The molecule has 0 amide bonds. The predicted octanol–water partition coefficient (Wildman–Crippen LogP) is 1.51. The molecule has 1 N–H and O–H groups in total. The summed E-state index contributed by atoms with van der Waals surface area (Å²) < 4.78 is 0. The Morgan fingerprint density at radius 3 is 2.44 bits per heavy atom.